The Hall–Kier alpha value is -7.28. The second kappa shape index (κ2) is 23.3. The van der Waals surface area contributed by atoms with E-state index in [9.17, 15) is 58.8 Å². The van der Waals surface area contributed by atoms with Crippen LogP contribution in [0.3, 0.4) is 0 Å². The monoisotopic (exact) mass is 980 g/mol. The van der Waals surface area contributed by atoms with E-state index in [-0.39, 0.29) is 152 Å². The van der Waals surface area contributed by atoms with Crippen molar-refractivity contribution in [3.05, 3.63) is 161 Å². The van der Waals surface area contributed by atoms with Gasteiger partial charge >= 0.3 is 71.1 Å². The number of carbonyl (C=O) groups excluding carboxylic acids is 2. The predicted molar refractivity (Wildman–Crippen MR) is 227 cm³/mol. The van der Waals surface area contributed by atoms with Gasteiger partial charge in [0.15, 0.2) is 33.2 Å². The van der Waals surface area contributed by atoms with Crippen LogP contribution < -0.4 is 110 Å². The number of fused-ring (bicyclic) bond motifs is 4. The van der Waals surface area contributed by atoms with Gasteiger partial charge < -0.3 is 76.8 Å². The maximum atomic E-state index is 12.3. The normalized spacial score (nSPS) is 10.8. The van der Waals surface area contributed by atoms with Crippen LogP contribution in [0.4, 0.5) is 0 Å². The molecule has 70 heavy (non-hydrogen) atoms. The Morgan fingerprint density at radius 3 is 0.886 bits per heavy atom. The molecule has 0 aliphatic rings. The summed E-state index contributed by atoms with van der Waals surface area (Å²) in [7, 11) is 0. The van der Waals surface area contributed by atoms with Crippen LogP contribution in [0.25, 0.3) is 43.9 Å². The first-order chi connectivity index (χ1) is 32.5. The van der Waals surface area contributed by atoms with Gasteiger partial charge in [-0.3, -0.25) is 19.2 Å². The van der Waals surface area contributed by atoms with Crippen LogP contribution in [0.15, 0.2) is 134 Å². The molecule has 348 valence electrons. The molecule has 4 heterocycles. The van der Waals surface area contributed by atoms with Gasteiger partial charge in [-0.2, -0.15) is 0 Å². The van der Waals surface area contributed by atoms with Crippen molar-refractivity contribution in [1.29, 1.82) is 0 Å². The molecule has 4 aromatic heterocycles. The van der Waals surface area contributed by atoms with E-state index in [0.717, 1.165) is 24.3 Å². The number of aromatic carboxylic acids is 4. The quantitative estimate of drug-likeness (QED) is 0.0664. The molecule has 8 rings (SSSR count). The number of aliphatic hydroxyl groups excluding tert-OH is 2. The summed E-state index contributed by atoms with van der Waals surface area (Å²) >= 11 is 0. The molecule has 0 aliphatic carbocycles. The molecule has 8 aromatic rings. The molecule has 0 atom stereocenters. The number of aliphatic hydroxyl groups is 2. The number of hydrogen-bond acceptors (Lipinski definition) is 20. The molecule has 0 aliphatic heterocycles. The maximum Gasteiger partial charge on any atom is 1.00 e. The summed E-state index contributed by atoms with van der Waals surface area (Å²) in [5, 5.41) is 60.5. The largest absolute Gasteiger partial charge is 1.00 e. The van der Waals surface area contributed by atoms with Crippen molar-refractivity contribution in [2.75, 3.05) is 26.4 Å². The fraction of sp³-hybridized carbons (Fsp3) is 0.130. The Morgan fingerprint density at radius 1 is 0.429 bits per heavy atom. The van der Waals surface area contributed by atoms with Crippen LogP contribution in [0.2, 0.25) is 0 Å². The maximum absolute atomic E-state index is 12.3. The standard InChI is InChI=1S/2C23H16O11.2Na/c2*24-11(9-31-14-3-1-5-16-20(14)12(25)7-18(33-16)22(27)28)10-32-15-4-2-6-17-21(15)13(26)8-19(34-17)23(29)30;;/h2*1-8,11,24H,9-10H2,(H,27,28)(H,29,30);;/q;;2*+1/p-2. The number of hydrogen-bond donors (Lipinski definition) is 4. The predicted octanol–water partition coefficient (Wildman–Crippen LogP) is -4.43. The Balaban J connectivity index is 0.000000254. The molecule has 22 nitrogen and oxygen atoms in total. The Bertz CT molecular complexity index is 3080. The average molecular weight is 981 g/mol. The van der Waals surface area contributed by atoms with Crippen LogP contribution in [-0.2, 0) is 0 Å². The van der Waals surface area contributed by atoms with Gasteiger partial charge in [0.1, 0.15) is 117 Å². The zero-order chi connectivity index (χ0) is 48.8. The molecular weight excluding hydrogens is 950 g/mol. The Morgan fingerprint density at radius 2 is 0.657 bits per heavy atom. The Labute approximate surface area is 433 Å². The first kappa shape index (κ1) is 53.7. The number of rotatable bonds is 16. The Kier molecular flexibility index (Phi) is 17.9. The second-order valence-corrected chi connectivity index (χ2v) is 14.2. The number of ether oxygens (including phenoxy) is 4. The van der Waals surface area contributed by atoms with E-state index in [0.29, 0.717) is 0 Å². The van der Waals surface area contributed by atoms with Crippen molar-refractivity contribution < 1.29 is 146 Å². The minimum Gasteiger partial charge on any atom is -0.542 e. The molecule has 4 N–H and O–H groups in total. The fourth-order valence-corrected chi connectivity index (χ4v) is 6.45. The molecule has 0 fully saturated rings. The fourth-order valence-electron chi connectivity index (χ4n) is 6.45. The summed E-state index contributed by atoms with van der Waals surface area (Å²) < 4.78 is 42.7. The third-order valence-electron chi connectivity index (χ3n) is 9.41. The topological polar surface area (TPSA) is 353 Å². The van der Waals surface area contributed by atoms with Gasteiger partial charge in [0.2, 0.25) is 11.5 Å². The van der Waals surface area contributed by atoms with E-state index in [2.05, 4.69) is 0 Å². The number of carboxylic acid groups (broad SMARTS) is 4. The van der Waals surface area contributed by atoms with E-state index in [1.165, 1.54) is 72.8 Å². The van der Waals surface area contributed by atoms with Gasteiger partial charge in [-0.25, -0.2) is 9.59 Å². The van der Waals surface area contributed by atoms with Crippen LogP contribution >= 0.6 is 0 Å². The minimum absolute atomic E-state index is 0. The van der Waals surface area contributed by atoms with Gasteiger partial charge in [-0.15, -0.1) is 0 Å². The molecule has 4 aromatic carbocycles. The van der Waals surface area contributed by atoms with E-state index >= 15 is 0 Å². The van der Waals surface area contributed by atoms with E-state index < -0.39 is 80.8 Å². The van der Waals surface area contributed by atoms with Gasteiger partial charge in [0.25, 0.3) is 0 Å². The molecule has 0 radical (unpaired) electrons. The summed E-state index contributed by atoms with van der Waals surface area (Å²) in [5.74, 6) is -8.10. The van der Waals surface area contributed by atoms with Crippen molar-refractivity contribution in [3.63, 3.8) is 0 Å². The van der Waals surface area contributed by atoms with E-state index in [4.69, 9.17) is 46.8 Å². The third-order valence-corrected chi connectivity index (χ3v) is 9.41. The van der Waals surface area contributed by atoms with Gasteiger partial charge in [0.05, 0.1) is 0 Å². The first-order valence-corrected chi connectivity index (χ1v) is 19.5. The van der Waals surface area contributed by atoms with E-state index in [1.54, 1.807) is 0 Å². The summed E-state index contributed by atoms with van der Waals surface area (Å²) in [6.45, 7) is -1.26. The second-order valence-electron chi connectivity index (χ2n) is 14.2. The van der Waals surface area contributed by atoms with Crippen LogP contribution in [0, 0.1) is 0 Å². The van der Waals surface area contributed by atoms with Crippen molar-refractivity contribution >= 4 is 67.8 Å². The van der Waals surface area contributed by atoms with Gasteiger partial charge in [-0.1, -0.05) is 24.3 Å². The minimum atomic E-state index is -1.64. The zero-order valence-corrected chi connectivity index (χ0v) is 40.4. The molecule has 0 unspecified atom stereocenters. The van der Waals surface area contributed by atoms with Crippen LogP contribution in [0.1, 0.15) is 42.2 Å². The molecule has 0 amide bonds. The van der Waals surface area contributed by atoms with Gasteiger partial charge in [-0.05, 0) is 48.5 Å². The average Bonchev–Trinajstić information content (AvgIpc) is 3.30. The van der Waals surface area contributed by atoms with Crippen LogP contribution in [0.5, 0.6) is 23.0 Å². The summed E-state index contributed by atoms with van der Waals surface area (Å²) in [5.41, 5.74) is -2.62. The molecular formula is C46H30Na2O22. The molecule has 0 bridgehead atoms. The zero-order valence-electron chi connectivity index (χ0n) is 36.4. The first-order valence-electron chi connectivity index (χ1n) is 19.5. The molecule has 0 spiro atoms. The van der Waals surface area contributed by atoms with Crippen molar-refractivity contribution in [2.45, 2.75) is 12.2 Å². The summed E-state index contributed by atoms with van der Waals surface area (Å²) in [6.07, 6.45) is -2.41. The SMILES string of the molecule is O=C(O)c1cc(=O)c2c(OCC(O)COc3cccc4oc(C(=O)O)cc(=O)c34)cccc2o1.O=C([O-])c1cc(=O)c2c(OCC(O)COc3cccc4oc(C(=O)[O-])cc(=O)c34)cccc2o1.[Na+].[Na+]. The number of benzene rings is 4. The molecule has 0 saturated carbocycles. The number of carbonyl (C=O) groups is 4. The molecule has 0 saturated heterocycles. The van der Waals surface area contributed by atoms with Crippen molar-refractivity contribution in [1.82, 2.24) is 0 Å². The number of carboxylic acids is 4. The van der Waals surface area contributed by atoms with Crippen molar-refractivity contribution in [2.24, 2.45) is 0 Å². The van der Waals surface area contributed by atoms with Crippen LogP contribution in [-0.4, -0.2) is 82.9 Å². The summed E-state index contributed by atoms with van der Waals surface area (Å²) in [4.78, 5) is 93.3. The van der Waals surface area contributed by atoms with E-state index in [1.807, 2.05) is 0 Å². The molecule has 24 heteroatoms. The third kappa shape index (κ3) is 12.3. The van der Waals surface area contributed by atoms with Gasteiger partial charge in [0, 0.05) is 24.3 Å². The smallest absolute Gasteiger partial charge is 0.542 e. The van der Waals surface area contributed by atoms with Crippen molar-refractivity contribution in [3.8, 4) is 23.0 Å². The summed E-state index contributed by atoms with van der Waals surface area (Å²) in [6, 6.07) is 20.5.